The van der Waals surface area contributed by atoms with E-state index < -0.39 is 0 Å². The van der Waals surface area contributed by atoms with Crippen LogP contribution in [0.5, 0.6) is 0 Å². The van der Waals surface area contributed by atoms with E-state index in [2.05, 4.69) is 26.5 Å². The fourth-order valence-corrected chi connectivity index (χ4v) is 4.26. The zero-order chi connectivity index (χ0) is 22.0. The van der Waals surface area contributed by atoms with Crippen molar-refractivity contribution in [3.63, 3.8) is 0 Å². The van der Waals surface area contributed by atoms with E-state index in [9.17, 15) is 4.79 Å². The second-order valence-electron chi connectivity index (χ2n) is 6.67. The summed E-state index contributed by atoms with van der Waals surface area (Å²) in [5.41, 5.74) is 4.06. The fourth-order valence-electron chi connectivity index (χ4n) is 3.14. The van der Waals surface area contributed by atoms with Crippen molar-refractivity contribution >= 4 is 73.6 Å². The van der Waals surface area contributed by atoms with Crippen LogP contribution in [0.2, 0.25) is 15.1 Å². The second kappa shape index (κ2) is 9.45. The zero-order valence-corrected chi connectivity index (χ0v) is 19.7. The van der Waals surface area contributed by atoms with Crippen molar-refractivity contribution < 1.29 is 9.21 Å². The predicted molar refractivity (Wildman–Crippen MR) is 130 cm³/mol. The summed E-state index contributed by atoms with van der Waals surface area (Å²) < 4.78 is 6.71. The molecule has 4 nitrogen and oxygen atoms in total. The highest BCUT2D eigenvalue weighted by Gasteiger charge is 2.12. The van der Waals surface area contributed by atoms with Crippen molar-refractivity contribution in [2.45, 2.75) is 6.42 Å². The Balaban J connectivity index is 1.44. The maximum atomic E-state index is 12.4. The van der Waals surface area contributed by atoms with Crippen molar-refractivity contribution in [3.05, 3.63) is 91.5 Å². The molecule has 0 bridgehead atoms. The smallest absolute Gasteiger partial charge is 0.244 e. The summed E-state index contributed by atoms with van der Waals surface area (Å²) in [6.07, 6.45) is 1.62. The summed E-state index contributed by atoms with van der Waals surface area (Å²) in [4.78, 5) is 12.4. The number of carbonyl (C=O) groups excluding carboxylic acids is 1. The Hall–Kier alpha value is -2.31. The third-order valence-electron chi connectivity index (χ3n) is 4.60. The number of nitrogens with zero attached hydrogens (tertiary/aromatic N) is 1. The Morgan fingerprint density at radius 2 is 1.71 bits per heavy atom. The fraction of sp³-hybridized carbons (Fsp3) is 0.0435. The van der Waals surface area contributed by atoms with Gasteiger partial charge in [0.2, 0.25) is 5.91 Å². The molecule has 156 valence electrons. The first kappa shape index (κ1) is 21.9. The largest absolute Gasteiger partial charge is 0.455 e. The monoisotopic (exact) mass is 534 g/mol. The van der Waals surface area contributed by atoms with E-state index in [1.54, 1.807) is 24.3 Å². The molecule has 1 heterocycles. The van der Waals surface area contributed by atoms with Crippen LogP contribution in [0.3, 0.4) is 0 Å². The lowest BCUT2D eigenvalue weighted by Crippen LogP contribution is -2.19. The first-order valence-electron chi connectivity index (χ1n) is 9.15. The molecule has 0 aliphatic heterocycles. The van der Waals surface area contributed by atoms with Crippen molar-refractivity contribution in [1.29, 1.82) is 0 Å². The lowest BCUT2D eigenvalue weighted by atomic mass is 10.0. The summed E-state index contributed by atoms with van der Waals surface area (Å²) >= 11 is 21.8. The Bertz CT molecular complexity index is 1320. The summed E-state index contributed by atoms with van der Waals surface area (Å²) in [6, 6.07) is 18.4. The molecule has 1 N–H and O–H groups in total. The number of halogens is 4. The normalized spacial score (nSPS) is 11.4. The van der Waals surface area contributed by atoms with Gasteiger partial charge < -0.3 is 4.42 Å². The molecule has 0 spiro atoms. The van der Waals surface area contributed by atoms with Gasteiger partial charge in [-0.3, -0.25) is 4.79 Å². The highest BCUT2D eigenvalue weighted by molar-refractivity contribution is 9.10. The lowest BCUT2D eigenvalue weighted by molar-refractivity contribution is -0.120. The zero-order valence-electron chi connectivity index (χ0n) is 15.8. The van der Waals surface area contributed by atoms with E-state index in [-0.39, 0.29) is 12.3 Å². The Morgan fingerprint density at radius 1 is 0.968 bits per heavy atom. The number of carbonyl (C=O) groups is 1. The van der Waals surface area contributed by atoms with Gasteiger partial charge in [0.05, 0.1) is 27.7 Å². The minimum atomic E-state index is -0.233. The van der Waals surface area contributed by atoms with Crippen molar-refractivity contribution in [3.8, 4) is 11.3 Å². The highest BCUT2D eigenvalue weighted by Crippen LogP contribution is 2.35. The van der Waals surface area contributed by atoms with Gasteiger partial charge in [0.15, 0.2) is 0 Å². The minimum Gasteiger partial charge on any atom is -0.455 e. The van der Waals surface area contributed by atoms with E-state index in [4.69, 9.17) is 39.2 Å². The Morgan fingerprint density at radius 3 is 2.52 bits per heavy atom. The van der Waals surface area contributed by atoms with Gasteiger partial charge in [-0.2, -0.15) is 5.10 Å². The maximum absolute atomic E-state index is 12.4. The van der Waals surface area contributed by atoms with Crippen molar-refractivity contribution in [2.24, 2.45) is 5.10 Å². The minimum absolute atomic E-state index is 0.202. The van der Waals surface area contributed by atoms with Crippen LogP contribution in [-0.4, -0.2) is 12.1 Å². The molecule has 4 aromatic rings. The van der Waals surface area contributed by atoms with E-state index in [0.717, 1.165) is 20.8 Å². The summed E-state index contributed by atoms with van der Waals surface area (Å²) in [5.74, 6) is 0.729. The molecule has 0 radical (unpaired) electrons. The number of nitrogens with one attached hydrogen (secondary N) is 1. The molecule has 3 aromatic carbocycles. The van der Waals surface area contributed by atoms with Gasteiger partial charge in [0, 0.05) is 10.0 Å². The molecule has 0 saturated carbocycles. The number of fused-ring (bicyclic) bond motifs is 1. The molecule has 1 aromatic heterocycles. The maximum Gasteiger partial charge on any atom is 0.244 e. The van der Waals surface area contributed by atoms with E-state index >= 15 is 0 Å². The predicted octanol–water partition coefficient (Wildman–Crippen LogP) is 7.52. The highest BCUT2D eigenvalue weighted by atomic mass is 79.9. The molecular formula is C23H14BrCl3N2O2. The van der Waals surface area contributed by atoms with Gasteiger partial charge in [-0.05, 0) is 46.7 Å². The summed E-state index contributed by atoms with van der Waals surface area (Å²) in [5, 5.41) is 7.22. The average molecular weight is 537 g/mol. The standard InChI is InChI=1S/C23H14BrCl3N2O2/c24-18-7-5-13(15-3-1-2-4-16(15)18)9-23(30)29-28-12-14-6-8-22(31-14)17-10-20(26)21(27)11-19(17)25/h1-8,10-12H,9H2,(H,29,30). The van der Waals surface area contributed by atoms with E-state index in [0.29, 0.717) is 32.2 Å². The van der Waals surface area contributed by atoms with Gasteiger partial charge in [-0.15, -0.1) is 0 Å². The van der Waals surface area contributed by atoms with Crippen LogP contribution in [-0.2, 0) is 11.2 Å². The third-order valence-corrected chi connectivity index (χ3v) is 6.32. The Labute approximate surface area is 201 Å². The number of hydrogen-bond acceptors (Lipinski definition) is 3. The molecule has 0 unspecified atom stereocenters. The topological polar surface area (TPSA) is 54.6 Å². The summed E-state index contributed by atoms with van der Waals surface area (Å²) in [7, 11) is 0. The lowest BCUT2D eigenvalue weighted by Gasteiger charge is -2.07. The molecule has 0 aliphatic rings. The number of hydrazone groups is 1. The molecule has 0 aliphatic carbocycles. The molecule has 0 atom stereocenters. The first-order valence-corrected chi connectivity index (χ1v) is 11.1. The van der Waals surface area contributed by atoms with E-state index in [1.807, 2.05) is 36.4 Å². The average Bonchev–Trinajstić information content (AvgIpc) is 3.21. The number of benzene rings is 3. The molecule has 1 amide bonds. The van der Waals surface area contributed by atoms with Gasteiger partial charge in [-0.1, -0.05) is 81.1 Å². The van der Waals surface area contributed by atoms with Crippen LogP contribution in [0, 0.1) is 0 Å². The van der Waals surface area contributed by atoms with Gasteiger partial charge >= 0.3 is 0 Å². The van der Waals surface area contributed by atoms with Gasteiger partial charge in [0.1, 0.15) is 11.5 Å². The van der Waals surface area contributed by atoms with Crippen LogP contribution in [0.15, 0.2) is 74.7 Å². The number of rotatable bonds is 5. The second-order valence-corrected chi connectivity index (χ2v) is 8.75. The first-order chi connectivity index (χ1) is 14.9. The van der Waals surface area contributed by atoms with Gasteiger partial charge in [-0.25, -0.2) is 5.43 Å². The van der Waals surface area contributed by atoms with Gasteiger partial charge in [0.25, 0.3) is 0 Å². The van der Waals surface area contributed by atoms with Crippen molar-refractivity contribution in [1.82, 2.24) is 5.43 Å². The molecule has 31 heavy (non-hydrogen) atoms. The van der Waals surface area contributed by atoms with Crippen LogP contribution < -0.4 is 5.43 Å². The molecule has 8 heteroatoms. The molecule has 0 saturated heterocycles. The third kappa shape index (κ3) is 4.96. The number of furan rings is 1. The molecule has 0 fully saturated rings. The number of amides is 1. The quantitative estimate of drug-likeness (QED) is 0.163. The molecule has 4 rings (SSSR count). The molecular weight excluding hydrogens is 523 g/mol. The van der Waals surface area contributed by atoms with Crippen LogP contribution >= 0.6 is 50.7 Å². The van der Waals surface area contributed by atoms with E-state index in [1.165, 1.54) is 6.21 Å². The Kier molecular flexibility index (Phi) is 6.68. The number of hydrogen-bond donors (Lipinski definition) is 1. The summed E-state index contributed by atoms with van der Waals surface area (Å²) in [6.45, 7) is 0. The van der Waals surface area contributed by atoms with Crippen LogP contribution in [0.4, 0.5) is 0 Å². The van der Waals surface area contributed by atoms with Crippen LogP contribution in [0.25, 0.3) is 22.1 Å². The van der Waals surface area contributed by atoms with Crippen LogP contribution in [0.1, 0.15) is 11.3 Å². The van der Waals surface area contributed by atoms with Crippen molar-refractivity contribution in [2.75, 3.05) is 0 Å². The SMILES string of the molecule is O=C(Cc1ccc(Br)c2ccccc12)NN=Cc1ccc(-c2cc(Cl)c(Cl)cc2Cl)o1.